The van der Waals surface area contributed by atoms with E-state index in [4.69, 9.17) is 5.73 Å². The second-order valence-corrected chi connectivity index (χ2v) is 7.07. The maximum Gasteiger partial charge on any atom is 0.271 e. The third-order valence-electron chi connectivity index (χ3n) is 2.42. The number of anilines is 1. The van der Waals surface area contributed by atoms with Gasteiger partial charge in [0.1, 0.15) is 4.21 Å². The van der Waals surface area contributed by atoms with Crippen LogP contribution in [0.25, 0.3) is 0 Å². The van der Waals surface area contributed by atoms with E-state index in [-0.39, 0.29) is 0 Å². The standard InChI is InChI=1S/C12H14N2O2S2/c1-9-2-7-12(17-9)18(15,16)14-11-5-3-10(8-13)4-6-11/h2-7,14H,8,13H2,1H3. The molecular formula is C12H14N2O2S2. The van der Waals surface area contributed by atoms with Crippen molar-refractivity contribution in [3.63, 3.8) is 0 Å². The third kappa shape index (κ3) is 2.90. The number of thiophene rings is 1. The fraction of sp³-hybridized carbons (Fsp3) is 0.167. The number of sulfonamides is 1. The number of hydrogen-bond donors (Lipinski definition) is 2. The Morgan fingerprint density at radius 1 is 1.17 bits per heavy atom. The minimum absolute atomic E-state index is 0.322. The first kappa shape index (κ1) is 13.1. The zero-order chi connectivity index (χ0) is 13.2. The van der Waals surface area contributed by atoms with Crippen molar-refractivity contribution in [2.75, 3.05) is 4.72 Å². The van der Waals surface area contributed by atoms with Crippen LogP contribution in [-0.2, 0) is 16.6 Å². The largest absolute Gasteiger partial charge is 0.326 e. The van der Waals surface area contributed by atoms with E-state index >= 15 is 0 Å². The summed E-state index contributed by atoms with van der Waals surface area (Å²) < 4.78 is 27.0. The van der Waals surface area contributed by atoms with E-state index in [1.54, 1.807) is 36.4 Å². The number of aryl methyl sites for hydroxylation is 1. The quantitative estimate of drug-likeness (QED) is 0.904. The van der Waals surface area contributed by atoms with E-state index in [9.17, 15) is 8.42 Å². The van der Waals surface area contributed by atoms with Crippen LogP contribution in [0.5, 0.6) is 0 Å². The molecule has 0 unspecified atom stereocenters. The van der Waals surface area contributed by atoms with Gasteiger partial charge in [0.2, 0.25) is 0 Å². The highest BCUT2D eigenvalue weighted by atomic mass is 32.2. The average Bonchev–Trinajstić information content (AvgIpc) is 2.77. The summed E-state index contributed by atoms with van der Waals surface area (Å²) in [4.78, 5) is 0.967. The molecule has 2 rings (SSSR count). The van der Waals surface area contributed by atoms with Gasteiger partial charge in [-0.15, -0.1) is 11.3 Å². The second kappa shape index (κ2) is 5.09. The SMILES string of the molecule is Cc1ccc(S(=O)(=O)Nc2ccc(CN)cc2)s1. The number of rotatable bonds is 4. The van der Waals surface area contributed by atoms with Crippen LogP contribution in [0.1, 0.15) is 10.4 Å². The Hall–Kier alpha value is -1.37. The van der Waals surface area contributed by atoms with Gasteiger partial charge in [0.25, 0.3) is 10.0 Å². The smallest absolute Gasteiger partial charge is 0.271 e. The molecule has 0 fully saturated rings. The molecule has 96 valence electrons. The number of nitrogens with two attached hydrogens (primary N) is 1. The van der Waals surface area contributed by atoms with Gasteiger partial charge in [-0.05, 0) is 36.8 Å². The van der Waals surface area contributed by atoms with Crippen molar-refractivity contribution in [3.8, 4) is 0 Å². The molecule has 4 nitrogen and oxygen atoms in total. The van der Waals surface area contributed by atoms with Crippen LogP contribution in [0, 0.1) is 6.92 Å². The Labute approximate surface area is 111 Å². The van der Waals surface area contributed by atoms with Gasteiger partial charge in [-0.25, -0.2) is 8.42 Å². The molecule has 1 heterocycles. The first-order chi connectivity index (χ1) is 8.51. The van der Waals surface area contributed by atoms with E-state index in [1.165, 1.54) is 11.3 Å². The number of hydrogen-bond acceptors (Lipinski definition) is 4. The lowest BCUT2D eigenvalue weighted by molar-refractivity contribution is 0.603. The van der Waals surface area contributed by atoms with Crippen LogP contribution in [0.2, 0.25) is 0 Å². The molecule has 1 aromatic carbocycles. The highest BCUT2D eigenvalue weighted by molar-refractivity contribution is 7.94. The van der Waals surface area contributed by atoms with Gasteiger partial charge in [0.05, 0.1) is 0 Å². The molecule has 0 amide bonds. The summed E-state index contributed by atoms with van der Waals surface area (Å²) in [7, 11) is -3.47. The number of benzene rings is 1. The molecule has 0 saturated heterocycles. The molecule has 0 aliphatic heterocycles. The molecule has 0 atom stereocenters. The van der Waals surface area contributed by atoms with Gasteiger partial charge in [-0.2, -0.15) is 0 Å². The van der Waals surface area contributed by atoms with Gasteiger partial charge >= 0.3 is 0 Å². The minimum atomic E-state index is -3.47. The second-order valence-electron chi connectivity index (χ2n) is 3.87. The van der Waals surface area contributed by atoms with Crippen molar-refractivity contribution in [1.82, 2.24) is 0 Å². The Bertz CT molecular complexity index is 630. The van der Waals surface area contributed by atoms with Crippen molar-refractivity contribution >= 4 is 27.0 Å². The molecule has 0 radical (unpaired) electrons. The van der Waals surface area contributed by atoms with Crippen molar-refractivity contribution in [3.05, 3.63) is 46.8 Å². The predicted molar refractivity (Wildman–Crippen MR) is 74.2 cm³/mol. The van der Waals surface area contributed by atoms with Gasteiger partial charge in [0, 0.05) is 17.1 Å². The van der Waals surface area contributed by atoms with Crippen LogP contribution < -0.4 is 10.5 Å². The normalized spacial score (nSPS) is 11.4. The molecular weight excluding hydrogens is 268 g/mol. The molecule has 0 aliphatic rings. The lowest BCUT2D eigenvalue weighted by Crippen LogP contribution is -2.11. The van der Waals surface area contributed by atoms with Crippen LogP contribution in [0.4, 0.5) is 5.69 Å². The van der Waals surface area contributed by atoms with Crippen molar-refractivity contribution in [1.29, 1.82) is 0 Å². The van der Waals surface area contributed by atoms with E-state index in [0.29, 0.717) is 16.4 Å². The fourth-order valence-corrected chi connectivity index (χ4v) is 3.81. The zero-order valence-corrected chi connectivity index (χ0v) is 11.5. The maximum absolute atomic E-state index is 12.0. The van der Waals surface area contributed by atoms with E-state index < -0.39 is 10.0 Å². The van der Waals surface area contributed by atoms with Crippen LogP contribution in [0.15, 0.2) is 40.6 Å². The first-order valence-electron chi connectivity index (χ1n) is 5.39. The van der Waals surface area contributed by atoms with E-state index in [1.807, 2.05) is 6.92 Å². The van der Waals surface area contributed by atoms with E-state index in [2.05, 4.69) is 4.72 Å². The molecule has 1 aromatic heterocycles. The van der Waals surface area contributed by atoms with E-state index in [0.717, 1.165) is 10.4 Å². The monoisotopic (exact) mass is 282 g/mol. The summed E-state index contributed by atoms with van der Waals surface area (Å²) in [5.41, 5.74) is 6.99. The number of nitrogens with one attached hydrogen (secondary N) is 1. The minimum Gasteiger partial charge on any atom is -0.326 e. The summed E-state index contributed by atoms with van der Waals surface area (Å²) in [6.07, 6.45) is 0. The molecule has 0 saturated carbocycles. The molecule has 0 aliphatic carbocycles. The molecule has 0 bridgehead atoms. The molecule has 3 N–H and O–H groups in total. The predicted octanol–water partition coefficient (Wildman–Crippen LogP) is 2.32. The highest BCUT2D eigenvalue weighted by Gasteiger charge is 2.15. The fourth-order valence-electron chi connectivity index (χ4n) is 1.47. The summed E-state index contributed by atoms with van der Waals surface area (Å²) in [5, 5.41) is 0. The first-order valence-corrected chi connectivity index (χ1v) is 7.69. The van der Waals surface area contributed by atoms with Gasteiger partial charge < -0.3 is 5.73 Å². The van der Waals surface area contributed by atoms with Gasteiger partial charge in [0.15, 0.2) is 0 Å². The lowest BCUT2D eigenvalue weighted by Gasteiger charge is -2.06. The Morgan fingerprint density at radius 3 is 2.33 bits per heavy atom. The molecule has 18 heavy (non-hydrogen) atoms. The Kier molecular flexibility index (Phi) is 3.70. The van der Waals surface area contributed by atoms with Crippen LogP contribution in [0.3, 0.4) is 0 Å². The van der Waals surface area contributed by atoms with Crippen molar-refractivity contribution < 1.29 is 8.42 Å². The summed E-state index contributed by atoms with van der Waals surface area (Å²) >= 11 is 1.25. The highest BCUT2D eigenvalue weighted by Crippen LogP contribution is 2.23. The van der Waals surface area contributed by atoms with Gasteiger partial charge in [-0.3, -0.25) is 4.72 Å². The molecule has 0 spiro atoms. The van der Waals surface area contributed by atoms with Gasteiger partial charge in [-0.1, -0.05) is 12.1 Å². The van der Waals surface area contributed by atoms with Crippen molar-refractivity contribution in [2.45, 2.75) is 17.7 Å². The zero-order valence-electron chi connectivity index (χ0n) is 9.88. The maximum atomic E-state index is 12.0. The molecule has 2 aromatic rings. The Morgan fingerprint density at radius 2 is 1.83 bits per heavy atom. The lowest BCUT2D eigenvalue weighted by atomic mass is 10.2. The average molecular weight is 282 g/mol. The third-order valence-corrected chi connectivity index (χ3v) is 5.30. The summed E-state index contributed by atoms with van der Waals surface area (Å²) in [6, 6.07) is 10.4. The summed E-state index contributed by atoms with van der Waals surface area (Å²) in [6.45, 7) is 2.32. The van der Waals surface area contributed by atoms with Crippen molar-refractivity contribution in [2.24, 2.45) is 5.73 Å². The topological polar surface area (TPSA) is 72.2 Å². The Balaban J connectivity index is 2.22. The van der Waals surface area contributed by atoms with Crippen LogP contribution in [-0.4, -0.2) is 8.42 Å². The summed E-state index contributed by atoms with van der Waals surface area (Å²) in [5.74, 6) is 0. The molecule has 6 heteroatoms. The van der Waals surface area contributed by atoms with Crippen LogP contribution >= 0.6 is 11.3 Å².